The molecule has 1 amide bonds. The van der Waals surface area contributed by atoms with Crippen molar-refractivity contribution in [3.8, 4) is 28.7 Å². The molecule has 0 aliphatic carbocycles. The summed E-state index contributed by atoms with van der Waals surface area (Å²) in [5, 5.41) is 6.10. The second-order valence-electron chi connectivity index (χ2n) is 7.95. The van der Waals surface area contributed by atoms with Crippen LogP contribution in [0.25, 0.3) is 0 Å². The van der Waals surface area contributed by atoms with Crippen LogP contribution in [0.4, 0.5) is 4.39 Å². The Bertz CT molecular complexity index is 1270. The van der Waals surface area contributed by atoms with Crippen molar-refractivity contribution in [2.24, 2.45) is 5.10 Å². The van der Waals surface area contributed by atoms with E-state index in [1.54, 1.807) is 44.6 Å². The summed E-state index contributed by atoms with van der Waals surface area (Å²) in [4.78, 5) is 13.8. The lowest BCUT2D eigenvalue weighted by molar-refractivity contribution is 0.0710. The van der Waals surface area contributed by atoms with Crippen LogP contribution in [-0.2, 0) is 0 Å². The molecule has 8 nitrogen and oxygen atoms in total. The van der Waals surface area contributed by atoms with E-state index < -0.39 is 6.04 Å². The van der Waals surface area contributed by atoms with E-state index in [2.05, 4.69) is 0 Å². The summed E-state index contributed by atoms with van der Waals surface area (Å²) in [5.41, 5.74) is 2.50. The van der Waals surface area contributed by atoms with Gasteiger partial charge in [0.1, 0.15) is 5.82 Å². The normalized spacial score (nSPS) is 14.8. The third-order valence-electron chi connectivity index (χ3n) is 6.00. The fourth-order valence-electron chi connectivity index (χ4n) is 4.17. The second-order valence-corrected chi connectivity index (χ2v) is 7.95. The van der Waals surface area contributed by atoms with Crippen molar-refractivity contribution in [2.45, 2.75) is 12.5 Å². The number of hydrogen-bond acceptors (Lipinski definition) is 7. The number of amides is 1. The van der Waals surface area contributed by atoms with Crippen LogP contribution in [0.5, 0.6) is 28.7 Å². The van der Waals surface area contributed by atoms with Gasteiger partial charge in [0.25, 0.3) is 5.91 Å². The summed E-state index contributed by atoms with van der Waals surface area (Å²) in [6, 6.07) is 14.2. The summed E-state index contributed by atoms with van der Waals surface area (Å²) in [6.07, 6.45) is 0.414. The van der Waals surface area contributed by atoms with Crippen LogP contribution < -0.4 is 23.7 Å². The highest BCUT2D eigenvalue weighted by Gasteiger charge is 2.35. The molecule has 0 spiro atoms. The Kier molecular flexibility index (Phi) is 7.28. The zero-order valence-corrected chi connectivity index (χ0v) is 20.7. The monoisotopic (exact) mass is 494 g/mol. The zero-order valence-electron chi connectivity index (χ0n) is 20.7. The zero-order chi connectivity index (χ0) is 25.8. The van der Waals surface area contributed by atoms with Gasteiger partial charge in [-0.3, -0.25) is 4.79 Å². The third-order valence-corrected chi connectivity index (χ3v) is 6.00. The molecule has 0 saturated heterocycles. The van der Waals surface area contributed by atoms with Crippen LogP contribution in [0, 0.1) is 5.82 Å². The van der Waals surface area contributed by atoms with E-state index in [-0.39, 0.29) is 11.7 Å². The first kappa shape index (κ1) is 24.8. The Morgan fingerprint density at radius 1 is 0.806 bits per heavy atom. The molecule has 0 saturated carbocycles. The molecule has 0 bridgehead atoms. The van der Waals surface area contributed by atoms with Crippen molar-refractivity contribution < 1.29 is 32.9 Å². The van der Waals surface area contributed by atoms with Crippen molar-refractivity contribution in [2.75, 3.05) is 35.5 Å². The average molecular weight is 495 g/mol. The molecule has 4 rings (SSSR count). The molecule has 1 heterocycles. The van der Waals surface area contributed by atoms with Crippen LogP contribution in [-0.4, -0.2) is 52.2 Å². The number of hydrogen-bond donors (Lipinski definition) is 0. The number of benzene rings is 3. The van der Waals surface area contributed by atoms with Gasteiger partial charge in [-0.2, -0.15) is 5.10 Å². The van der Waals surface area contributed by atoms with Crippen molar-refractivity contribution in [3.05, 3.63) is 77.1 Å². The summed E-state index contributed by atoms with van der Waals surface area (Å²) >= 11 is 0. The molecular formula is C27H27FN2O6. The number of ether oxygens (including phenoxy) is 5. The molecule has 0 aromatic heterocycles. The van der Waals surface area contributed by atoms with Gasteiger partial charge in [-0.05, 0) is 48.0 Å². The highest BCUT2D eigenvalue weighted by atomic mass is 19.1. The minimum absolute atomic E-state index is 0.300. The molecule has 0 fully saturated rings. The SMILES string of the molecule is COc1ccc(C2=NN(C(=O)c3cc(OC)c(OC)c(OC)c3)C(c3ccc(F)cc3)C2)cc1OC. The maximum Gasteiger partial charge on any atom is 0.274 e. The van der Waals surface area contributed by atoms with Crippen LogP contribution in [0.3, 0.4) is 0 Å². The Balaban J connectivity index is 1.79. The number of nitrogens with zero attached hydrogens (tertiary/aromatic N) is 2. The number of hydrazone groups is 1. The van der Waals surface area contributed by atoms with E-state index in [4.69, 9.17) is 28.8 Å². The molecule has 0 radical (unpaired) electrons. The van der Waals surface area contributed by atoms with Gasteiger partial charge in [-0.15, -0.1) is 0 Å². The van der Waals surface area contributed by atoms with Crippen molar-refractivity contribution >= 4 is 11.6 Å². The molecule has 3 aromatic carbocycles. The molecule has 1 unspecified atom stereocenters. The summed E-state index contributed by atoms with van der Waals surface area (Å²) < 4.78 is 40.6. The van der Waals surface area contributed by atoms with Gasteiger partial charge in [-0.1, -0.05) is 12.1 Å². The molecular weight excluding hydrogens is 467 g/mol. The molecule has 0 N–H and O–H groups in total. The number of halogens is 1. The van der Waals surface area contributed by atoms with Crippen LogP contribution in [0.2, 0.25) is 0 Å². The van der Waals surface area contributed by atoms with Gasteiger partial charge in [0, 0.05) is 17.5 Å². The van der Waals surface area contributed by atoms with E-state index in [9.17, 15) is 9.18 Å². The molecule has 1 aliphatic rings. The van der Waals surface area contributed by atoms with Gasteiger partial charge in [-0.25, -0.2) is 9.40 Å². The Morgan fingerprint density at radius 2 is 1.42 bits per heavy atom. The molecule has 3 aromatic rings. The van der Waals surface area contributed by atoms with Gasteiger partial charge in [0.2, 0.25) is 5.75 Å². The van der Waals surface area contributed by atoms with E-state index in [0.29, 0.717) is 46.4 Å². The fraction of sp³-hybridized carbons (Fsp3) is 0.259. The maximum absolute atomic E-state index is 13.8. The number of methoxy groups -OCH3 is 5. The lowest BCUT2D eigenvalue weighted by Crippen LogP contribution is -2.27. The van der Waals surface area contributed by atoms with Gasteiger partial charge < -0.3 is 23.7 Å². The first-order chi connectivity index (χ1) is 17.4. The number of carbonyl (C=O) groups is 1. The largest absolute Gasteiger partial charge is 0.493 e. The predicted octanol–water partition coefficient (Wildman–Crippen LogP) is 4.86. The Labute approximate surface area is 208 Å². The second kappa shape index (κ2) is 10.6. The van der Waals surface area contributed by atoms with Crippen LogP contribution >= 0.6 is 0 Å². The number of carbonyl (C=O) groups excluding carboxylic acids is 1. The van der Waals surface area contributed by atoms with Crippen molar-refractivity contribution in [3.63, 3.8) is 0 Å². The van der Waals surface area contributed by atoms with Gasteiger partial charge in [0.15, 0.2) is 23.0 Å². The Hall–Kier alpha value is -4.27. The first-order valence-electron chi connectivity index (χ1n) is 11.1. The minimum Gasteiger partial charge on any atom is -0.493 e. The lowest BCUT2D eigenvalue weighted by atomic mass is 9.97. The quantitative estimate of drug-likeness (QED) is 0.445. The van der Waals surface area contributed by atoms with E-state index >= 15 is 0 Å². The van der Waals surface area contributed by atoms with Gasteiger partial charge in [0.05, 0.1) is 47.3 Å². The van der Waals surface area contributed by atoms with E-state index in [1.165, 1.54) is 38.5 Å². The minimum atomic E-state index is -0.458. The highest BCUT2D eigenvalue weighted by molar-refractivity contribution is 6.05. The molecule has 188 valence electrons. The van der Waals surface area contributed by atoms with E-state index in [0.717, 1.165) is 11.1 Å². The highest BCUT2D eigenvalue weighted by Crippen LogP contribution is 2.41. The summed E-state index contributed by atoms with van der Waals surface area (Å²) in [7, 11) is 7.57. The Morgan fingerprint density at radius 3 is 1.97 bits per heavy atom. The van der Waals surface area contributed by atoms with Crippen molar-refractivity contribution in [1.82, 2.24) is 5.01 Å². The molecule has 36 heavy (non-hydrogen) atoms. The van der Waals surface area contributed by atoms with E-state index in [1.807, 2.05) is 12.1 Å². The molecule has 1 atom stereocenters. The van der Waals surface area contributed by atoms with Crippen molar-refractivity contribution in [1.29, 1.82) is 0 Å². The van der Waals surface area contributed by atoms with Crippen LogP contribution in [0.1, 0.15) is 33.9 Å². The summed E-state index contributed by atoms with van der Waals surface area (Å²) in [5.74, 6) is 1.47. The van der Waals surface area contributed by atoms with Gasteiger partial charge >= 0.3 is 0 Å². The standard InChI is InChI=1S/C27H27FN2O6/c1-32-22-11-8-17(12-23(22)33-2)20-15-21(16-6-9-19(28)10-7-16)30(29-20)27(31)18-13-24(34-3)26(36-5)25(14-18)35-4/h6-14,21H,15H2,1-5H3. The molecule has 9 heteroatoms. The predicted molar refractivity (Wildman–Crippen MR) is 132 cm³/mol. The topological polar surface area (TPSA) is 78.8 Å². The average Bonchev–Trinajstić information content (AvgIpc) is 3.37. The lowest BCUT2D eigenvalue weighted by Gasteiger charge is -2.23. The van der Waals surface area contributed by atoms with Crippen LogP contribution in [0.15, 0.2) is 59.7 Å². The first-order valence-corrected chi connectivity index (χ1v) is 11.1. The fourth-order valence-corrected chi connectivity index (χ4v) is 4.17. The smallest absolute Gasteiger partial charge is 0.274 e. The maximum atomic E-state index is 13.8. The molecule has 1 aliphatic heterocycles. The number of rotatable bonds is 8. The summed E-state index contributed by atoms with van der Waals surface area (Å²) in [6.45, 7) is 0. The third kappa shape index (κ3) is 4.64.